The third-order valence-corrected chi connectivity index (χ3v) is 9.22. The van der Waals surface area contributed by atoms with E-state index in [-0.39, 0.29) is 18.7 Å². The number of nitrogens with zero attached hydrogens (tertiary/aromatic N) is 1. The summed E-state index contributed by atoms with van der Waals surface area (Å²) in [6, 6.07) is 7.32. The van der Waals surface area contributed by atoms with Gasteiger partial charge in [0.15, 0.2) is 0 Å². The Morgan fingerprint density at radius 3 is 2.46 bits per heavy atom. The van der Waals surface area contributed by atoms with Crippen molar-refractivity contribution in [2.75, 3.05) is 0 Å². The van der Waals surface area contributed by atoms with Gasteiger partial charge < -0.3 is 15.9 Å². The Labute approximate surface area is 146 Å². The largest absolute Gasteiger partial charge is 0.383 e. The first-order valence-corrected chi connectivity index (χ1v) is 9.96. The number of hydrogen-bond donors (Lipinski definition) is 4. The van der Waals surface area contributed by atoms with Crippen LogP contribution in [0, 0.1) is 0 Å². The fraction of sp³-hybridized carbons (Fsp3) is 0.400. The number of fused-ring (bicyclic) bond motifs is 1. The summed E-state index contributed by atoms with van der Waals surface area (Å²) >= 11 is 0.979. The van der Waals surface area contributed by atoms with E-state index in [9.17, 15) is 19.8 Å². The van der Waals surface area contributed by atoms with Crippen molar-refractivity contribution in [3.63, 3.8) is 0 Å². The van der Waals surface area contributed by atoms with Gasteiger partial charge in [-0.3, -0.25) is 14.3 Å². The van der Waals surface area contributed by atoms with Gasteiger partial charge in [0, 0.05) is 29.7 Å². The summed E-state index contributed by atoms with van der Waals surface area (Å²) in [5, 5.41) is 20.9. The van der Waals surface area contributed by atoms with Gasteiger partial charge >= 0.3 is 0 Å². The smallest absolute Gasteiger partial charge is 0.230 e. The maximum absolute atomic E-state index is 11.8. The monoisotopic (exact) mass is 371 g/mol. The van der Waals surface area contributed by atoms with E-state index in [1.54, 1.807) is 13.8 Å². The van der Waals surface area contributed by atoms with Crippen molar-refractivity contribution in [3.8, 4) is 0 Å². The van der Waals surface area contributed by atoms with E-state index in [0.717, 1.165) is 16.8 Å². The molecule has 9 heteroatoms. The van der Waals surface area contributed by atoms with Crippen molar-refractivity contribution in [2.24, 2.45) is 10.7 Å². The number of carbonyl (C=O) groups excluding carboxylic acids is 2. The fourth-order valence-electron chi connectivity index (χ4n) is 2.53. The number of benzene rings is 1. The van der Waals surface area contributed by atoms with E-state index in [1.165, 1.54) is 0 Å². The van der Waals surface area contributed by atoms with E-state index >= 15 is 0 Å². The number of amides is 2. The zero-order chi connectivity index (χ0) is 17.9. The minimum atomic E-state index is -2.20. The third-order valence-electron chi connectivity index (χ3n) is 3.66. The summed E-state index contributed by atoms with van der Waals surface area (Å²) in [4.78, 5) is 27.9. The molecule has 132 valence electrons. The molecule has 2 unspecified atom stereocenters. The number of carbonyl (C=O) groups is 2. The Morgan fingerprint density at radius 1 is 1.25 bits per heavy atom. The molecule has 2 atom stereocenters. The van der Waals surface area contributed by atoms with Crippen LogP contribution in [0.1, 0.15) is 26.7 Å². The highest BCUT2D eigenvalue weighted by molar-refractivity contribution is 8.58. The van der Waals surface area contributed by atoms with Crippen LogP contribution in [0.15, 0.2) is 34.2 Å². The molecule has 2 amide bonds. The molecule has 7 nitrogen and oxygen atoms in total. The first-order chi connectivity index (χ1) is 11.3. The van der Waals surface area contributed by atoms with E-state index in [2.05, 4.69) is 9.71 Å². The Kier molecular flexibility index (Phi) is 5.92. The summed E-state index contributed by atoms with van der Waals surface area (Å²) in [5.41, 5.74) is 4.04. The standard InChI is InChI=1S/C15H21N3O4S2/c1-9(19)24(10(2)20)12-6-4-3-5-11(12)17-15(24)23-18-14(22)8-7-13(16)21/h3-6,9-10,19-20H,7-8H2,1-2H3,(H2,16,21)(H,18,22). The Hall–Kier alpha value is -1.55. The lowest BCUT2D eigenvalue weighted by molar-refractivity contribution is -0.123. The van der Waals surface area contributed by atoms with E-state index < -0.39 is 26.8 Å². The fourth-order valence-corrected chi connectivity index (χ4v) is 7.85. The number of aliphatic imine (C=N–C) groups is 1. The van der Waals surface area contributed by atoms with Gasteiger partial charge in [-0.1, -0.05) is 12.1 Å². The van der Waals surface area contributed by atoms with Gasteiger partial charge in [0.2, 0.25) is 11.8 Å². The predicted octanol–water partition coefficient (Wildman–Crippen LogP) is 1.56. The van der Waals surface area contributed by atoms with Gasteiger partial charge in [-0.15, -0.1) is 10.0 Å². The second-order valence-electron chi connectivity index (χ2n) is 5.35. The Morgan fingerprint density at radius 2 is 1.88 bits per heavy atom. The van der Waals surface area contributed by atoms with Crippen molar-refractivity contribution in [3.05, 3.63) is 24.3 Å². The lowest BCUT2D eigenvalue weighted by Gasteiger charge is -2.42. The highest BCUT2D eigenvalue weighted by Crippen LogP contribution is 2.70. The van der Waals surface area contributed by atoms with Crippen molar-refractivity contribution in [1.82, 2.24) is 4.72 Å². The normalized spacial score (nSPS) is 24.2. The molecule has 1 aromatic carbocycles. The maximum Gasteiger partial charge on any atom is 0.230 e. The maximum atomic E-state index is 11.8. The molecule has 1 heterocycles. The average molecular weight is 371 g/mol. The van der Waals surface area contributed by atoms with E-state index in [0.29, 0.717) is 10.1 Å². The van der Waals surface area contributed by atoms with E-state index in [4.69, 9.17) is 5.73 Å². The van der Waals surface area contributed by atoms with Crippen LogP contribution in [0.3, 0.4) is 0 Å². The zero-order valence-electron chi connectivity index (χ0n) is 13.4. The molecule has 0 spiro atoms. The first kappa shape index (κ1) is 18.8. The number of para-hydroxylation sites is 1. The van der Waals surface area contributed by atoms with Crippen molar-refractivity contribution < 1.29 is 19.8 Å². The molecule has 1 aliphatic rings. The highest BCUT2D eigenvalue weighted by atomic mass is 32.3. The number of aliphatic hydroxyl groups excluding tert-OH is 2. The number of primary amides is 1. The van der Waals surface area contributed by atoms with Gasteiger partial charge in [0.05, 0.1) is 16.6 Å². The molecule has 1 aliphatic heterocycles. The lowest BCUT2D eigenvalue weighted by Crippen LogP contribution is -2.30. The van der Waals surface area contributed by atoms with Crippen molar-refractivity contribution in [1.29, 1.82) is 0 Å². The van der Waals surface area contributed by atoms with Gasteiger partial charge in [-0.2, -0.15) is 0 Å². The molecule has 0 saturated heterocycles. The first-order valence-electron chi connectivity index (χ1n) is 7.39. The van der Waals surface area contributed by atoms with Crippen LogP contribution in [-0.2, 0) is 9.59 Å². The topological polar surface area (TPSA) is 125 Å². The zero-order valence-corrected chi connectivity index (χ0v) is 15.1. The molecule has 0 aliphatic carbocycles. The molecule has 0 aromatic heterocycles. The second kappa shape index (κ2) is 7.56. The molecular weight excluding hydrogens is 350 g/mol. The summed E-state index contributed by atoms with van der Waals surface area (Å²) in [7, 11) is -2.20. The van der Waals surface area contributed by atoms with Crippen molar-refractivity contribution in [2.45, 2.75) is 42.5 Å². The van der Waals surface area contributed by atoms with Crippen LogP contribution in [-0.4, -0.2) is 37.3 Å². The number of nitrogens with two attached hydrogens (primary N) is 1. The van der Waals surface area contributed by atoms with Gasteiger partial charge in [-0.05, 0) is 26.0 Å². The molecule has 24 heavy (non-hydrogen) atoms. The van der Waals surface area contributed by atoms with Crippen LogP contribution < -0.4 is 10.5 Å². The molecule has 1 aromatic rings. The summed E-state index contributed by atoms with van der Waals surface area (Å²) in [6.07, 6.45) is -0.0574. The number of nitrogens with one attached hydrogen (secondary N) is 1. The number of rotatable bonds is 5. The average Bonchev–Trinajstić information content (AvgIpc) is 2.85. The van der Waals surface area contributed by atoms with E-state index in [1.807, 2.05) is 24.3 Å². The minimum Gasteiger partial charge on any atom is -0.383 e. The second-order valence-corrected chi connectivity index (χ2v) is 10.0. The molecule has 5 N–H and O–H groups in total. The van der Waals surface area contributed by atoms with Crippen LogP contribution >= 0.6 is 22.0 Å². The Balaban J connectivity index is 2.25. The highest BCUT2D eigenvalue weighted by Gasteiger charge is 2.46. The van der Waals surface area contributed by atoms with Gasteiger partial charge in [0.1, 0.15) is 4.38 Å². The number of hydrogen-bond acceptors (Lipinski definition) is 6. The molecular formula is C15H21N3O4S2. The van der Waals surface area contributed by atoms with Crippen molar-refractivity contribution >= 4 is 43.9 Å². The SMILES string of the molecule is CC(O)S1(C(C)O)C(SNC(=O)CCC(N)=O)=Nc2ccccc21. The molecule has 0 bridgehead atoms. The minimum absolute atomic E-state index is 0.0196. The van der Waals surface area contributed by atoms with Crippen LogP contribution in [0.2, 0.25) is 0 Å². The molecule has 2 rings (SSSR count). The summed E-state index contributed by atoms with van der Waals surface area (Å²) in [5.74, 6) is -0.907. The molecule has 0 radical (unpaired) electrons. The molecule has 0 saturated carbocycles. The van der Waals surface area contributed by atoms with Gasteiger partial charge in [-0.25, -0.2) is 4.99 Å². The lowest BCUT2D eigenvalue weighted by atomic mass is 10.3. The van der Waals surface area contributed by atoms with Crippen LogP contribution in [0.5, 0.6) is 0 Å². The quantitative estimate of drug-likeness (QED) is 0.462. The van der Waals surface area contributed by atoms with Crippen LogP contribution in [0.25, 0.3) is 0 Å². The third kappa shape index (κ3) is 3.44. The summed E-state index contributed by atoms with van der Waals surface area (Å²) < 4.78 is 3.10. The van der Waals surface area contributed by atoms with Crippen LogP contribution in [0.4, 0.5) is 5.69 Å². The molecule has 0 fully saturated rings. The van der Waals surface area contributed by atoms with Gasteiger partial charge in [0.25, 0.3) is 0 Å². The number of aliphatic hydroxyl groups is 2. The summed E-state index contributed by atoms with van der Waals surface area (Å²) in [6.45, 7) is 3.24. The predicted molar refractivity (Wildman–Crippen MR) is 96.9 cm³/mol. The Bertz CT molecular complexity index is 668.